The lowest BCUT2D eigenvalue weighted by Gasteiger charge is -2.21. The lowest BCUT2D eigenvalue weighted by atomic mass is 10.0. The molecule has 0 radical (unpaired) electrons. The molecule has 11 heteroatoms. The summed E-state index contributed by atoms with van der Waals surface area (Å²) in [5, 5.41) is 0. The minimum absolute atomic E-state index is 0.190. The van der Waals surface area contributed by atoms with Gasteiger partial charge in [0.1, 0.15) is 11.3 Å². The fraction of sp³-hybridized carbons (Fsp3) is 0.235. The monoisotopic (exact) mass is 409 g/mol. The molecule has 0 aromatic heterocycles. The molecule has 0 aliphatic rings. The maximum atomic E-state index is 13.5. The summed E-state index contributed by atoms with van der Waals surface area (Å²) in [4.78, 5) is 11.4. The van der Waals surface area contributed by atoms with E-state index in [-0.39, 0.29) is 11.5 Å². The number of hydrogen-bond acceptors (Lipinski definition) is 4. The van der Waals surface area contributed by atoms with Gasteiger partial charge in [0.05, 0.1) is 25.3 Å². The molecule has 0 spiro atoms. The molecule has 0 fully saturated rings. The number of halogens is 6. The van der Waals surface area contributed by atoms with E-state index in [4.69, 9.17) is 19.9 Å². The zero-order chi connectivity index (χ0) is 21.3. The zero-order valence-electron chi connectivity index (χ0n) is 14.4. The summed E-state index contributed by atoms with van der Waals surface area (Å²) in [6, 6.07) is 4.16. The fourth-order valence-corrected chi connectivity index (χ4v) is 2.37. The minimum atomic E-state index is -5.36. The molecule has 2 N–H and O–H groups in total. The smallest absolute Gasteiger partial charge is 0.420 e. The molecule has 152 valence electrons. The van der Waals surface area contributed by atoms with Crippen molar-refractivity contribution in [1.29, 1.82) is 0 Å². The Morgan fingerprint density at radius 1 is 0.893 bits per heavy atom. The first-order chi connectivity index (χ1) is 12.9. The van der Waals surface area contributed by atoms with Crippen molar-refractivity contribution in [2.75, 3.05) is 14.2 Å². The normalized spacial score (nSPS) is 11.9. The average molecular weight is 409 g/mol. The number of primary amides is 1. The second-order valence-electron chi connectivity index (χ2n) is 5.34. The standard InChI is InChI=1S/C17H13F6NO4/c1-26-8-3-6-11(12(7-8)27-2)28-14-10(16(18,19)20)5-4-9(15(24)25)13(14)17(21,22)23/h3-7H,1-2H3,(H2,24,25). The Balaban J connectivity index is 2.80. The van der Waals surface area contributed by atoms with Crippen molar-refractivity contribution in [3.05, 3.63) is 47.0 Å². The number of amides is 1. The van der Waals surface area contributed by atoms with Crippen molar-refractivity contribution in [3.8, 4) is 23.0 Å². The van der Waals surface area contributed by atoms with Gasteiger partial charge in [0.15, 0.2) is 17.2 Å². The Kier molecular flexibility index (Phi) is 5.67. The maximum Gasteiger partial charge on any atom is 0.420 e. The predicted octanol–water partition coefficient (Wildman–Crippen LogP) is 4.63. The Bertz CT molecular complexity index is 892. The highest BCUT2D eigenvalue weighted by molar-refractivity contribution is 5.95. The number of methoxy groups -OCH3 is 2. The second kappa shape index (κ2) is 7.49. The van der Waals surface area contributed by atoms with Crippen LogP contribution in [0.3, 0.4) is 0 Å². The van der Waals surface area contributed by atoms with Gasteiger partial charge >= 0.3 is 12.4 Å². The molecule has 0 aliphatic carbocycles. The molecule has 0 bridgehead atoms. The summed E-state index contributed by atoms with van der Waals surface area (Å²) < 4.78 is 95.4. The molecule has 0 saturated carbocycles. The van der Waals surface area contributed by atoms with Crippen molar-refractivity contribution in [3.63, 3.8) is 0 Å². The van der Waals surface area contributed by atoms with E-state index in [2.05, 4.69) is 0 Å². The van der Waals surface area contributed by atoms with Crippen LogP contribution in [0.2, 0.25) is 0 Å². The lowest BCUT2D eigenvalue weighted by Crippen LogP contribution is -2.22. The van der Waals surface area contributed by atoms with Gasteiger partial charge in [-0.1, -0.05) is 0 Å². The van der Waals surface area contributed by atoms with E-state index < -0.39 is 46.4 Å². The van der Waals surface area contributed by atoms with Crippen molar-refractivity contribution in [2.45, 2.75) is 12.4 Å². The van der Waals surface area contributed by atoms with E-state index in [0.717, 1.165) is 13.2 Å². The Hall–Kier alpha value is -3.11. The topological polar surface area (TPSA) is 70.8 Å². The van der Waals surface area contributed by atoms with Crippen LogP contribution < -0.4 is 19.9 Å². The maximum absolute atomic E-state index is 13.5. The highest BCUT2D eigenvalue weighted by atomic mass is 19.4. The number of carbonyl (C=O) groups is 1. The van der Waals surface area contributed by atoms with Crippen LogP contribution in [-0.2, 0) is 12.4 Å². The molecule has 0 atom stereocenters. The number of alkyl halides is 6. The SMILES string of the molecule is COc1ccc(Oc2c(C(F)(F)F)ccc(C(N)=O)c2C(F)(F)F)c(OC)c1. The number of hydrogen-bond donors (Lipinski definition) is 1. The van der Waals surface area contributed by atoms with E-state index in [1.165, 1.54) is 19.2 Å². The third kappa shape index (κ3) is 4.24. The van der Waals surface area contributed by atoms with Crippen LogP contribution in [-0.4, -0.2) is 20.1 Å². The van der Waals surface area contributed by atoms with Crippen molar-refractivity contribution >= 4 is 5.91 Å². The molecule has 5 nitrogen and oxygen atoms in total. The molecule has 0 heterocycles. The second-order valence-corrected chi connectivity index (χ2v) is 5.34. The number of benzene rings is 2. The molecule has 28 heavy (non-hydrogen) atoms. The summed E-state index contributed by atoms with van der Waals surface area (Å²) in [6.45, 7) is 0. The van der Waals surface area contributed by atoms with Gasteiger partial charge in [-0.2, -0.15) is 26.3 Å². The molecular weight excluding hydrogens is 396 g/mol. The van der Waals surface area contributed by atoms with Crippen LogP contribution in [0.5, 0.6) is 23.0 Å². The van der Waals surface area contributed by atoms with Gasteiger partial charge < -0.3 is 19.9 Å². The van der Waals surface area contributed by atoms with Gasteiger partial charge in [0.2, 0.25) is 5.91 Å². The molecular formula is C17H13F6NO4. The first-order valence-electron chi connectivity index (χ1n) is 7.41. The zero-order valence-corrected chi connectivity index (χ0v) is 14.4. The fourth-order valence-electron chi connectivity index (χ4n) is 2.37. The molecule has 2 rings (SSSR count). The summed E-state index contributed by atoms with van der Waals surface area (Å²) in [5.41, 5.74) is 0.0748. The molecule has 0 unspecified atom stereocenters. The van der Waals surface area contributed by atoms with Crippen molar-refractivity contribution in [2.24, 2.45) is 5.73 Å². The van der Waals surface area contributed by atoms with Crippen molar-refractivity contribution in [1.82, 2.24) is 0 Å². The number of carbonyl (C=O) groups excluding carboxylic acids is 1. The van der Waals surface area contributed by atoms with Gasteiger partial charge in [-0.05, 0) is 24.3 Å². The Morgan fingerprint density at radius 2 is 1.54 bits per heavy atom. The third-order valence-corrected chi connectivity index (χ3v) is 3.59. The minimum Gasteiger partial charge on any atom is -0.497 e. The van der Waals surface area contributed by atoms with Gasteiger partial charge in [-0.25, -0.2) is 0 Å². The van der Waals surface area contributed by atoms with Crippen LogP contribution >= 0.6 is 0 Å². The van der Waals surface area contributed by atoms with Gasteiger partial charge in [-0.15, -0.1) is 0 Å². The Morgan fingerprint density at radius 3 is 2.00 bits per heavy atom. The summed E-state index contributed by atoms with van der Waals surface area (Å²) >= 11 is 0. The van der Waals surface area contributed by atoms with Gasteiger partial charge in [0.25, 0.3) is 0 Å². The molecule has 2 aromatic carbocycles. The largest absolute Gasteiger partial charge is 0.497 e. The van der Waals surface area contributed by atoms with E-state index in [1.54, 1.807) is 0 Å². The number of rotatable bonds is 5. The first kappa shape index (κ1) is 21.2. The molecule has 0 saturated heterocycles. The molecule has 2 aromatic rings. The van der Waals surface area contributed by atoms with Gasteiger partial charge in [0, 0.05) is 6.07 Å². The van der Waals surface area contributed by atoms with Crippen LogP contribution in [0.4, 0.5) is 26.3 Å². The van der Waals surface area contributed by atoms with E-state index >= 15 is 0 Å². The molecule has 0 aliphatic heterocycles. The average Bonchev–Trinajstić information content (AvgIpc) is 2.59. The van der Waals surface area contributed by atoms with Crippen LogP contribution in [0.25, 0.3) is 0 Å². The van der Waals surface area contributed by atoms with Crippen LogP contribution in [0.15, 0.2) is 30.3 Å². The number of nitrogens with two attached hydrogens (primary N) is 1. The Labute approximate surface area is 154 Å². The third-order valence-electron chi connectivity index (χ3n) is 3.59. The molecule has 1 amide bonds. The highest BCUT2D eigenvalue weighted by Crippen LogP contribution is 2.48. The number of ether oxygens (including phenoxy) is 3. The highest BCUT2D eigenvalue weighted by Gasteiger charge is 2.45. The van der Waals surface area contributed by atoms with E-state index in [9.17, 15) is 31.1 Å². The summed E-state index contributed by atoms with van der Waals surface area (Å²) in [7, 11) is 2.44. The van der Waals surface area contributed by atoms with Gasteiger partial charge in [-0.3, -0.25) is 4.79 Å². The first-order valence-corrected chi connectivity index (χ1v) is 7.41. The summed E-state index contributed by atoms with van der Waals surface area (Å²) in [6.07, 6.45) is -10.6. The summed E-state index contributed by atoms with van der Waals surface area (Å²) in [5.74, 6) is -3.60. The quantitative estimate of drug-likeness (QED) is 0.731. The van der Waals surface area contributed by atoms with Crippen LogP contribution in [0, 0.1) is 0 Å². The van der Waals surface area contributed by atoms with Crippen molar-refractivity contribution < 1.29 is 45.3 Å². The van der Waals surface area contributed by atoms with Crippen LogP contribution in [0.1, 0.15) is 21.5 Å². The van der Waals surface area contributed by atoms with E-state index in [0.29, 0.717) is 12.1 Å². The predicted molar refractivity (Wildman–Crippen MR) is 84.6 cm³/mol. The van der Waals surface area contributed by atoms with E-state index in [1.807, 2.05) is 0 Å². The lowest BCUT2D eigenvalue weighted by molar-refractivity contribution is -0.145.